The van der Waals surface area contributed by atoms with Crippen molar-refractivity contribution < 1.29 is 36.5 Å². The number of ether oxygens (including phenoxy) is 1. The topological polar surface area (TPSA) is 152 Å². The molecule has 0 aliphatic heterocycles. The van der Waals surface area contributed by atoms with E-state index in [1.807, 2.05) is 0 Å². The molecule has 0 radical (unpaired) electrons. The van der Waals surface area contributed by atoms with Crippen LogP contribution < -0.4 is 5.32 Å². The third-order valence-electron chi connectivity index (χ3n) is 9.33. The second kappa shape index (κ2) is 12.1. The molecule has 1 amide bonds. The van der Waals surface area contributed by atoms with Crippen LogP contribution in [0.3, 0.4) is 0 Å². The van der Waals surface area contributed by atoms with Gasteiger partial charge in [-0.25, -0.2) is 9.37 Å². The van der Waals surface area contributed by atoms with Crippen LogP contribution in [0, 0.1) is 17.7 Å². The number of hydrogen-bond acceptors (Lipinski definition) is 9. The summed E-state index contributed by atoms with van der Waals surface area (Å²) in [7, 11) is -4.25. The SMILES string of the molecule is O=C(NCCS(=O)(=O)O)c1cc(F)c2nc(C3(O)[C@@H]4CC[C@H]3CC(OCc3c(-c5c(Cl)cccc5Cl)noc3C3CC3)C4)sc2c1. The number of thiazole rings is 1. The van der Waals surface area contributed by atoms with Gasteiger partial charge in [-0.05, 0) is 74.6 Å². The highest BCUT2D eigenvalue weighted by atomic mass is 35.5. The quantitative estimate of drug-likeness (QED) is 0.157. The number of rotatable bonds is 10. The minimum Gasteiger partial charge on any atom is -0.382 e. The van der Waals surface area contributed by atoms with Crippen molar-refractivity contribution in [1.82, 2.24) is 15.5 Å². The fourth-order valence-corrected chi connectivity index (χ4v) is 9.13. The summed E-state index contributed by atoms with van der Waals surface area (Å²) in [5.41, 5.74) is 0.812. The predicted molar refractivity (Wildman–Crippen MR) is 170 cm³/mol. The van der Waals surface area contributed by atoms with Gasteiger partial charge in [-0.3, -0.25) is 9.35 Å². The molecule has 3 aliphatic carbocycles. The zero-order valence-corrected chi connectivity index (χ0v) is 27.5. The summed E-state index contributed by atoms with van der Waals surface area (Å²) in [6.45, 7) is -0.0676. The first kappa shape index (κ1) is 31.9. The Morgan fingerprint density at radius 2 is 1.85 bits per heavy atom. The Bertz CT molecular complexity index is 1910. The van der Waals surface area contributed by atoms with Crippen molar-refractivity contribution in [3.63, 3.8) is 0 Å². The second-order valence-electron chi connectivity index (χ2n) is 12.3. The largest absolute Gasteiger partial charge is 0.382 e. The summed E-state index contributed by atoms with van der Waals surface area (Å²) < 4.78 is 58.6. The van der Waals surface area contributed by atoms with Crippen LogP contribution in [0.25, 0.3) is 21.5 Å². The van der Waals surface area contributed by atoms with E-state index in [4.69, 9.17) is 37.0 Å². The van der Waals surface area contributed by atoms with Gasteiger partial charge in [0.25, 0.3) is 16.0 Å². The number of nitrogens with zero attached hydrogens (tertiary/aromatic N) is 2. The summed E-state index contributed by atoms with van der Waals surface area (Å²) in [4.78, 5) is 17.1. The van der Waals surface area contributed by atoms with Crippen LogP contribution in [0.1, 0.15) is 71.1 Å². The van der Waals surface area contributed by atoms with Gasteiger partial charge in [-0.1, -0.05) is 34.4 Å². The number of carbonyl (C=O) groups is 1. The third-order valence-corrected chi connectivity index (χ3v) is 11.8. The molecule has 4 aromatic rings. The number of aliphatic hydroxyl groups is 1. The van der Waals surface area contributed by atoms with Crippen LogP contribution >= 0.6 is 34.5 Å². The Labute approximate surface area is 278 Å². The van der Waals surface area contributed by atoms with Gasteiger partial charge < -0.3 is 19.7 Å². The molecule has 2 aromatic heterocycles. The van der Waals surface area contributed by atoms with Crippen LogP contribution in [0.4, 0.5) is 4.39 Å². The Balaban J connectivity index is 1.08. The first-order valence-electron chi connectivity index (χ1n) is 15.0. The maximum absolute atomic E-state index is 15.1. The molecule has 3 saturated carbocycles. The van der Waals surface area contributed by atoms with Crippen molar-refractivity contribution in [3.05, 3.63) is 68.1 Å². The number of nitrogens with one attached hydrogen (secondary N) is 1. The molecular weight excluding hydrogens is 680 g/mol. The van der Waals surface area contributed by atoms with Crippen molar-refractivity contribution in [2.75, 3.05) is 12.3 Å². The normalized spacial score (nSPS) is 24.5. The van der Waals surface area contributed by atoms with E-state index in [-0.39, 0.29) is 48.1 Å². The summed E-state index contributed by atoms with van der Waals surface area (Å²) in [5, 5.41) is 20.2. The minimum atomic E-state index is -4.25. The van der Waals surface area contributed by atoms with Crippen LogP contribution in [-0.4, -0.2) is 52.5 Å². The average molecular weight is 711 g/mol. The summed E-state index contributed by atoms with van der Waals surface area (Å²) in [6, 6.07) is 7.80. The van der Waals surface area contributed by atoms with Gasteiger partial charge in [0, 0.05) is 29.2 Å². The van der Waals surface area contributed by atoms with Crippen LogP contribution in [0.5, 0.6) is 0 Å². The highest BCUT2D eigenvalue weighted by molar-refractivity contribution is 7.85. The number of benzene rings is 2. The lowest BCUT2D eigenvalue weighted by Crippen LogP contribution is -2.44. The Morgan fingerprint density at radius 1 is 1.15 bits per heavy atom. The molecule has 2 aromatic carbocycles. The van der Waals surface area contributed by atoms with Gasteiger partial charge in [0.15, 0.2) is 5.82 Å². The molecule has 7 rings (SSSR count). The molecule has 3 fully saturated rings. The fourth-order valence-electron chi connectivity index (χ4n) is 6.92. The number of aromatic nitrogens is 2. The van der Waals surface area contributed by atoms with Crippen LogP contribution in [-0.2, 0) is 27.1 Å². The molecule has 0 spiro atoms. The number of amides is 1. The summed E-state index contributed by atoms with van der Waals surface area (Å²) in [5.74, 6) is -1.31. The first-order valence-corrected chi connectivity index (χ1v) is 18.2. The molecule has 3 N–H and O–H groups in total. The Hall–Kier alpha value is -2.65. The molecule has 15 heteroatoms. The van der Waals surface area contributed by atoms with E-state index in [1.165, 1.54) is 6.07 Å². The Morgan fingerprint density at radius 3 is 2.50 bits per heavy atom. The molecule has 10 nitrogen and oxygen atoms in total. The van der Waals surface area contributed by atoms with Crippen LogP contribution in [0.2, 0.25) is 10.0 Å². The first-order chi connectivity index (χ1) is 21.9. The van der Waals surface area contributed by atoms with Gasteiger partial charge in [0.1, 0.15) is 27.6 Å². The number of fused-ring (bicyclic) bond motifs is 3. The van der Waals surface area contributed by atoms with Gasteiger partial charge >= 0.3 is 0 Å². The Kier molecular flexibility index (Phi) is 8.40. The van der Waals surface area contributed by atoms with Gasteiger partial charge in [0.05, 0.1) is 33.2 Å². The van der Waals surface area contributed by atoms with E-state index in [2.05, 4.69) is 15.5 Å². The molecule has 0 saturated heterocycles. The van der Waals surface area contributed by atoms with E-state index in [0.717, 1.165) is 54.4 Å². The molecular formula is C31H30Cl2FN3O7S2. The number of hydrogen-bond donors (Lipinski definition) is 3. The lowest BCUT2D eigenvalue weighted by Gasteiger charge is -2.41. The van der Waals surface area contributed by atoms with Crippen molar-refractivity contribution in [1.29, 1.82) is 0 Å². The number of carbonyl (C=O) groups excluding carboxylic acids is 1. The van der Waals surface area contributed by atoms with E-state index < -0.39 is 33.2 Å². The lowest BCUT2D eigenvalue weighted by atomic mass is 9.73. The smallest absolute Gasteiger partial charge is 0.266 e. The van der Waals surface area contributed by atoms with Crippen molar-refractivity contribution >= 4 is 60.8 Å². The molecule has 2 heterocycles. The monoisotopic (exact) mass is 709 g/mol. The van der Waals surface area contributed by atoms with Crippen LogP contribution in [0.15, 0.2) is 34.9 Å². The highest BCUT2D eigenvalue weighted by Crippen LogP contribution is 2.57. The van der Waals surface area contributed by atoms with Gasteiger partial charge in [0.2, 0.25) is 0 Å². The summed E-state index contributed by atoms with van der Waals surface area (Å²) in [6.07, 6.45) is 4.59. The van der Waals surface area contributed by atoms with E-state index >= 15 is 4.39 Å². The fraction of sp³-hybridized carbons (Fsp3) is 0.452. The average Bonchev–Trinajstić information content (AvgIpc) is 3.57. The van der Waals surface area contributed by atoms with Crippen molar-refractivity contribution in [3.8, 4) is 11.3 Å². The minimum absolute atomic E-state index is 0.0145. The second-order valence-corrected chi connectivity index (χ2v) is 15.7. The van der Waals surface area contributed by atoms with E-state index in [9.17, 15) is 18.3 Å². The van der Waals surface area contributed by atoms with E-state index in [0.29, 0.717) is 43.9 Å². The lowest BCUT2D eigenvalue weighted by molar-refractivity contribution is -0.116. The van der Waals surface area contributed by atoms with Crippen molar-refractivity contribution in [2.24, 2.45) is 11.8 Å². The molecule has 2 bridgehead atoms. The van der Waals surface area contributed by atoms with Crippen molar-refractivity contribution in [2.45, 2.75) is 62.8 Å². The molecule has 2 unspecified atom stereocenters. The zero-order chi connectivity index (χ0) is 32.4. The molecule has 244 valence electrons. The molecule has 46 heavy (non-hydrogen) atoms. The van der Waals surface area contributed by atoms with Gasteiger partial charge in [-0.15, -0.1) is 11.3 Å². The van der Waals surface area contributed by atoms with E-state index in [1.54, 1.807) is 18.2 Å². The maximum Gasteiger partial charge on any atom is 0.266 e. The molecule has 4 atom stereocenters. The summed E-state index contributed by atoms with van der Waals surface area (Å²) >= 11 is 14.2. The van der Waals surface area contributed by atoms with Gasteiger partial charge in [-0.2, -0.15) is 8.42 Å². The zero-order valence-electron chi connectivity index (χ0n) is 24.3. The predicted octanol–water partition coefficient (Wildman–Crippen LogP) is 6.49. The standard InChI is InChI=1S/C31H30Cl2FN3O7S2/c32-21-2-1-3-22(33)25(21)26-20(28(44-37-26)15-4-5-15)14-43-19-12-17-6-7-18(13-19)31(17,39)30-36-27-23(34)10-16(11-24(27)45-30)29(38)35-8-9-46(40,41)42/h1-3,10-11,15,17-19,39H,4-9,12-14H2,(H,35,38)(H,40,41,42)/t17-,18+,19?,31?. The highest BCUT2D eigenvalue weighted by Gasteiger charge is 2.56. The third kappa shape index (κ3) is 5.95. The molecule has 3 aliphatic rings. The maximum atomic E-state index is 15.1. The number of halogens is 3.